The van der Waals surface area contributed by atoms with Crippen molar-refractivity contribution in [1.82, 2.24) is 19.5 Å². The molecule has 3 rings (SSSR count). The third kappa shape index (κ3) is 3.04. The monoisotopic (exact) mass is 329 g/mol. The molecule has 1 amide bonds. The number of anilines is 1. The Bertz CT molecular complexity index is 961. The maximum atomic E-state index is 14.2. The van der Waals surface area contributed by atoms with E-state index in [1.807, 2.05) is 19.0 Å². The molecule has 0 fully saturated rings. The van der Waals surface area contributed by atoms with Crippen LogP contribution in [0.5, 0.6) is 0 Å². The molecule has 7 nitrogen and oxygen atoms in total. The molecule has 0 aliphatic rings. The van der Waals surface area contributed by atoms with E-state index in [1.165, 1.54) is 35.2 Å². The highest BCUT2D eigenvalue weighted by atomic mass is 19.1. The van der Waals surface area contributed by atoms with Crippen LogP contribution in [0.4, 0.5) is 10.1 Å². The fourth-order valence-electron chi connectivity index (χ4n) is 2.43. The number of aromatic amines is 1. The van der Waals surface area contributed by atoms with Crippen molar-refractivity contribution < 1.29 is 9.18 Å². The largest absolute Gasteiger partial charge is 0.326 e. The van der Waals surface area contributed by atoms with Gasteiger partial charge in [0.05, 0.1) is 17.4 Å². The number of H-pyrrole nitrogens is 1. The Hall–Kier alpha value is -3.00. The number of hydrogen-bond donors (Lipinski definition) is 2. The van der Waals surface area contributed by atoms with Crippen LogP contribution in [0.3, 0.4) is 0 Å². The standard InChI is InChI=1S/C16H16FN5O2/c1-21(2)9-10-3-4-13(12(17)7-10)20-15(23)11-8-19-22-6-5-18-16(24)14(11)22/h3-8H,9H2,1-2H3,(H,18,24)(H,20,23). The zero-order valence-corrected chi connectivity index (χ0v) is 13.2. The Balaban J connectivity index is 1.88. The second-order valence-corrected chi connectivity index (χ2v) is 5.65. The first-order valence-corrected chi connectivity index (χ1v) is 7.25. The summed E-state index contributed by atoms with van der Waals surface area (Å²) in [7, 11) is 3.77. The lowest BCUT2D eigenvalue weighted by molar-refractivity contribution is 0.102. The number of aromatic nitrogens is 3. The minimum atomic E-state index is -0.596. The van der Waals surface area contributed by atoms with Gasteiger partial charge in [0.15, 0.2) is 0 Å². The molecule has 2 heterocycles. The van der Waals surface area contributed by atoms with Gasteiger partial charge in [-0.3, -0.25) is 9.59 Å². The smallest absolute Gasteiger partial charge is 0.274 e. The summed E-state index contributed by atoms with van der Waals surface area (Å²) in [5, 5.41) is 6.43. The van der Waals surface area contributed by atoms with Crippen LogP contribution < -0.4 is 10.9 Å². The Labute approximate surface area is 136 Å². The number of rotatable bonds is 4. The van der Waals surface area contributed by atoms with Crippen LogP contribution in [-0.4, -0.2) is 39.5 Å². The van der Waals surface area contributed by atoms with Gasteiger partial charge in [0, 0.05) is 18.9 Å². The fourth-order valence-corrected chi connectivity index (χ4v) is 2.43. The predicted molar refractivity (Wildman–Crippen MR) is 87.6 cm³/mol. The highest BCUT2D eigenvalue weighted by Gasteiger charge is 2.17. The summed E-state index contributed by atoms with van der Waals surface area (Å²) in [6.45, 7) is 0.592. The van der Waals surface area contributed by atoms with Gasteiger partial charge in [0.2, 0.25) is 0 Å². The lowest BCUT2D eigenvalue weighted by Crippen LogP contribution is -2.17. The van der Waals surface area contributed by atoms with Gasteiger partial charge in [0.1, 0.15) is 11.3 Å². The lowest BCUT2D eigenvalue weighted by Gasteiger charge is -2.11. The molecule has 0 bridgehead atoms. The molecule has 2 N–H and O–H groups in total. The van der Waals surface area contributed by atoms with E-state index in [4.69, 9.17) is 0 Å². The van der Waals surface area contributed by atoms with E-state index in [1.54, 1.807) is 6.07 Å². The van der Waals surface area contributed by atoms with Gasteiger partial charge in [-0.2, -0.15) is 5.10 Å². The second kappa shape index (κ2) is 6.25. The number of amides is 1. The maximum absolute atomic E-state index is 14.2. The molecule has 0 atom stereocenters. The number of nitrogens with zero attached hydrogens (tertiary/aromatic N) is 3. The van der Waals surface area contributed by atoms with Gasteiger partial charge in [0.25, 0.3) is 11.5 Å². The number of benzene rings is 1. The summed E-state index contributed by atoms with van der Waals surface area (Å²) in [4.78, 5) is 28.6. The van der Waals surface area contributed by atoms with Gasteiger partial charge in [-0.05, 0) is 31.8 Å². The van der Waals surface area contributed by atoms with Crippen LogP contribution in [0, 0.1) is 5.82 Å². The Morgan fingerprint density at radius 2 is 2.21 bits per heavy atom. The van der Waals surface area contributed by atoms with Gasteiger partial charge >= 0.3 is 0 Å². The van der Waals surface area contributed by atoms with E-state index in [9.17, 15) is 14.0 Å². The maximum Gasteiger partial charge on any atom is 0.274 e. The average Bonchev–Trinajstić information content (AvgIpc) is 2.95. The van der Waals surface area contributed by atoms with Crippen molar-refractivity contribution in [1.29, 1.82) is 0 Å². The Morgan fingerprint density at radius 1 is 1.42 bits per heavy atom. The van der Waals surface area contributed by atoms with E-state index in [2.05, 4.69) is 15.4 Å². The fraction of sp³-hybridized carbons (Fsp3) is 0.188. The zero-order chi connectivity index (χ0) is 17.3. The molecule has 0 aliphatic carbocycles. The number of carbonyl (C=O) groups is 1. The molecule has 0 spiro atoms. The molecule has 0 aliphatic heterocycles. The zero-order valence-electron chi connectivity index (χ0n) is 13.2. The quantitative estimate of drug-likeness (QED) is 0.759. The summed E-state index contributed by atoms with van der Waals surface area (Å²) >= 11 is 0. The minimum Gasteiger partial charge on any atom is -0.326 e. The molecule has 1 aromatic carbocycles. The average molecular weight is 329 g/mol. The normalized spacial score (nSPS) is 11.2. The lowest BCUT2D eigenvalue weighted by atomic mass is 10.1. The van der Waals surface area contributed by atoms with Crippen molar-refractivity contribution in [2.24, 2.45) is 0 Å². The predicted octanol–water partition coefficient (Wildman–Crippen LogP) is 1.48. The molecule has 0 radical (unpaired) electrons. The third-order valence-electron chi connectivity index (χ3n) is 3.47. The van der Waals surface area contributed by atoms with E-state index in [0.29, 0.717) is 6.54 Å². The van der Waals surface area contributed by atoms with Crippen molar-refractivity contribution in [3.8, 4) is 0 Å². The summed E-state index contributed by atoms with van der Waals surface area (Å²) in [6, 6.07) is 4.61. The van der Waals surface area contributed by atoms with Crippen LogP contribution in [-0.2, 0) is 6.54 Å². The van der Waals surface area contributed by atoms with Gasteiger partial charge in [-0.25, -0.2) is 8.91 Å². The van der Waals surface area contributed by atoms with Crippen LogP contribution in [0.15, 0.2) is 41.6 Å². The first-order chi connectivity index (χ1) is 11.5. The molecule has 0 saturated heterocycles. The van der Waals surface area contributed by atoms with Gasteiger partial charge < -0.3 is 15.2 Å². The van der Waals surface area contributed by atoms with Gasteiger partial charge in [-0.1, -0.05) is 6.07 Å². The SMILES string of the molecule is CN(C)Cc1ccc(NC(=O)c2cnn3cc[nH]c(=O)c23)c(F)c1. The van der Waals surface area contributed by atoms with E-state index < -0.39 is 17.3 Å². The molecule has 3 aromatic rings. The summed E-state index contributed by atoms with van der Waals surface area (Å²) in [5.41, 5.74) is 0.590. The number of carbonyl (C=O) groups excluding carboxylic acids is 1. The Kier molecular flexibility index (Phi) is 4.13. The van der Waals surface area contributed by atoms with Crippen molar-refractivity contribution >= 4 is 17.1 Å². The molecule has 0 unspecified atom stereocenters. The molecule has 2 aromatic heterocycles. The van der Waals surface area contributed by atoms with E-state index in [-0.39, 0.29) is 16.8 Å². The van der Waals surface area contributed by atoms with Crippen molar-refractivity contribution in [2.45, 2.75) is 6.54 Å². The Morgan fingerprint density at radius 3 is 2.92 bits per heavy atom. The second-order valence-electron chi connectivity index (χ2n) is 5.65. The summed E-state index contributed by atoms with van der Waals surface area (Å²) in [6.07, 6.45) is 4.22. The molecule has 8 heteroatoms. The van der Waals surface area contributed by atoms with Crippen LogP contribution in [0.2, 0.25) is 0 Å². The molecular formula is C16H16FN5O2. The molecule has 24 heavy (non-hydrogen) atoms. The summed E-state index contributed by atoms with van der Waals surface area (Å²) in [5.74, 6) is -1.13. The van der Waals surface area contributed by atoms with Crippen LogP contribution in [0.1, 0.15) is 15.9 Å². The highest BCUT2D eigenvalue weighted by Crippen LogP contribution is 2.18. The first-order valence-electron chi connectivity index (χ1n) is 7.25. The number of fused-ring (bicyclic) bond motifs is 1. The van der Waals surface area contributed by atoms with Crippen molar-refractivity contribution in [3.05, 3.63) is 64.1 Å². The summed E-state index contributed by atoms with van der Waals surface area (Å²) < 4.78 is 15.5. The van der Waals surface area contributed by atoms with Crippen molar-refractivity contribution in [2.75, 3.05) is 19.4 Å². The van der Waals surface area contributed by atoms with Gasteiger partial charge in [-0.15, -0.1) is 0 Å². The van der Waals surface area contributed by atoms with Crippen LogP contribution >= 0.6 is 0 Å². The van der Waals surface area contributed by atoms with Crippen molar-refractivity contribution in [3.63, 3.8) is 0 Å². The van der Waals surface area contributed by atoms with E-state index in [0.717, 1.165) is 5.56 Å². The molecule has 124 valence electrons. The number of halogens is 1. The molecular weight excluding hydrogens is 313 g/mol. The first kappa shape index (κ1) is 15.9. The number of nitrogens with one attached hydrogen (secondary N) is 2. The van der Waals surface area contributed by atoms with E-state index >= 15 is 0 Å². The molecule has 0 saturated carbocycles. The van der Waals surface area contributed by atoms with Crippen LogP contribution in [0.25, 0.3) is 5.52 Å². The minimum absolute atomic E-state index is 0.0502. The topological polar surface area (TPSA) is 82.5 Å². The highest BCUT2D eigenvalue weighted by molar-refractivity contribution is 6.08. The number of hydrogen-bond acceptors (Lipinski definition) is 4. The third-order valence-corrected chi connectivity index (χ3v) is 3.47.